The minimum atomic E-state index is -0.0731. The Morgan fingerprint density at radius 3 is 2.67 bits per heavy atom. The molecule has 1 atom stereocenters. The number of benzene rings is 1. The maximum absolute atomic E-state index is 11.8. The molecule has 2 nitrogen and oxygen atoms in total. The molecule has 1 N–H and O–H groups in total. The van der Waals surface area contributed by atoms with Crippen LogP contribution in [0.25, 0.3) is 6.08 Å². The van der Waals surface area contributed by atoms with Gasteiger partial charge in [0.25, 0.3) is 0 Å². The molecule has 1 rings (SSSR count). The molecule has 0 bridgehead atoms. The second-order valence-corrected chi connectivity index (χ2v) is 5.98. The summed E-state index contributed by atoms with van der Waals surface area (Å²) < 4.78 is 0. The van der Waals surface area contributed by atoms with Gasteiger partial charge in [-0.1, -0.05) is 62.4 Å². The maximum Gasteiger partial charge on any atom is 0.244 e. The Morgan fingerprint density at radius 1 is 1.29 bits per heavy atom. The van der Waals surface area contributed by atoms with Crippen LogP contribution in [-0.4, -0.2) is 12.5 Å². The molecule has 0 spiro atoms. The van der Waals surface area contributed by atoms with Crippen LogP contribution in [0.2, 0.25) is 10.0 Å². The average molecular weight is 328 g/mol. The second-order valence-electron chi connectivity index (χ2n) is 5.17. The molecule has 0 aliphatic rings. The van der Waals surface area contributed by atoms with Crippen molar-refractivity contribution in [2.45, 2.75) is 39.5 Å². The van der Waals surface area contributed by atoms with Crippen LogP contribution >= 0.6 is 23.2 Å². The first-order valence-corrected chi connectivity index (χ1v) is 8.23. The lowest BCUT2D eigenvalue weighted by atomic mass is 9.99. The summed E-state index contributed by atoms with van der Waals surface area (Å²) in [6.07, 6.45) is 7.95. The van der Waals surface area contributed by atoms with Crippen molar-refractivity contribution in [1.82, 2.24) is 5.32 Å². The third kappa shape index (κ3) is 7.01. The number of hydrogen-bond acceptors (Lipinski definition) is 1. The zero-order valence-electron chi connectivity index (χ0n) is 12.7. The first kappa shape index (κ1) is 18.1. The van der Waals surface area contributed by atoms with Gasteiger partial charge < -0.3 is 5.32 Å². The second kappa shape index (κ2) is 9.86. The van der Waals surface area contributed by atoms with E-state index in [1.54, 1.807) is 18.2 Å². The summed E-state index contributed by atoms with van der Waals surface area (Å²) in [5.74, 6) is 0.489. The summed E-state index contributed by atoms with van der Waals surface area (Å²) in [6, 6.07) is 5.29. The third-order valence-electron chi connectivity index (χ3n) is 3.48. The van der Waals surface area contributed by atoms with Gasteiger partial charge in [0.2, 0.25) is 5.91 Å². The fourth-order valence-corrected chi connectivity index (χ4v) is 2.34. The van der Waals surface area contributed by atoms with Gasteiger partial charge >= 0.3 is 0 Å². The quantitative estimate of drug-likeness (QED) is 0.641. The van der Waals surface area contributed by atoms with Crippen molar-refractivity contribution in [3.05, 3.63) is 39.9 Å². The van der Waals surface area contributed by atoms with E-state index in [0.717, 1.165) is 18.5 Å². The minimum absolute atomic E-state index is 0.0731. The van der Waals surface area contributed by atoms with E-state index in [0.29, 0.717) is 16.0 Å². The molecule has 0 saturated heterocycles. The Labute approximate surface area is 137 Å². The Morgan fingerprint density at radius 2 is 2.05 bits per heavy atom. The highest BCUT2D eigenvalue weighted by atomic mass is 35.5. The number of hydrogen-bond donors (Lipinski definition) is 1. The molecule has 21 heavy (non-hydrogen) atoms. The summed E-state index contributed by atoms with van der Waals surface area (Å²) in [5, 5.41) is 3.96. The Hall–Kier alpha value is -0.990. The largest absolute Gasteiger partial charge is 0.352 e. The highest BCUT2D eigenvalue weighted by Crippen LogP contribution is 2.23. The summed E-state index contributed by atoms with van der Waals surface area (Å²) in [6.45, 7) is 5.09. The molecule has 0 aromatic heterocycles. The monoisotopic (exact) mass is 327 g/mol. The van der Waals surface area contributed by atoms with Crippen molar-refractivity contribution in [2.75, 3.05) is 6.54 Å². The molecular formula is C17H23Cl2NO. The van der Waals surface area contributed by atoms with Crippen molar-refractivity contribution in [1.29, 1.82) is 0 Å². The SMILES string of the molecule is CCCCC(CC)CNC(=O)/C=C/c1ccc(Cl)c(Cl)c1. The molecule has 0 radical (unpaired) electrons. The van der Waals surface area contributed by atoms with Crippen LogP contribution in [0.1, 0.15) is 45.1 Å². The molecule has 116 valence electrons. The van der Waals surface area contributed by atoms with Gasteiger partial charge in [-0.15, -0.1) is 0 Å². The van der Waals surface area contributed by atoms with E-state index < -0.39 is 0 Å². The van der Waals surface area contributed by atoms with Crippen molar-refractivity contribution in [3.63, 3.8) is 0 Å². The van der Waals surface area contributed by atoms with Gasteiger partial charge in [0.15, 0.2) is 0 Å². The lowest BCUT2D eigenvalue weighted by molar-refractivity contribution is -0.116. The number of amides is 1. The van der Waals surface area contributed by atoms with Gasteiger partial charge in [0, 0.05) is 12.6 Å². The van der Waals surface area contributed by atoms with E-state index in [9.17, 15) is 4.79 Å². The number of carbonyl (C=O) groups is 1. The van der Waals surface area contributed by atoms with E-state index in [1.807, 2.05) is 6.07 Å². The molecule has 0 aliphatic carbocycles. The van der Waals surface area contributed by atoms with Crippen LogP contribution in [-0.2, 0) is 4.79 Å². The predicted molar refractivity (Wildman–Crippen MR) is 91.8 cm³/mol. The Kier molecular flexibility index (Phi) is 8.48. The number of nitrogens with one attached hydrogen (secondary N) is 1. The highest BCUT2D eigenvalue weighted by Gasteiger charge is 2.06. The third-order valence-corrected chi connectivity index (χ3v) is 4.22. The van der Waals surface area contributed by atoms with Crippen LogP contribution in [0.5, 0.6) is 0 Å². The average Bonchev–Trinajstić information content (AvgIpc) is 2.48. The standard InChI is InChI=1S/C17H23Cl2NO/c1-3-5-6-13(4-2)12-20-17(21)10-8-14-7-9-15(18)16(19)11-14/h7-11,13H,3-6,12H2,1-2H3,(H,20,21)/b10-8+. The fraction of sp³-hybridized carbons (Fsp3) is 0.471. The molecule has 0 heterocycles. The van der Waals surface area contributed by atoms with Gasteiger partial charge in [-0.25, -0.2) is 0 Å². The van der Waals surface area contributed by atoms with Crippen molar-refractivity contribution >= 4 is 35.2 Å². The first-order valence-electron chi connectivity index (χ1n) is 7.47. The summed E-state index contributed by atoms with van der Waals surface area (Å²) >= 11 is 11.8. The smallest absolute Gasteiger partial charge is 0.244 e. The first-order chi connectivity index (χ1) is 10.1. The van der Waals surface area contributed by atoms with Crippen LogP contribution in [0.3, 0.4) is 0 Å². The van der Waals surface area contributed by atoms with Crippen molar-refractivity contribution in [2.24, 2.45) is 5.92 Å². The molecule has 0 aliphatic heterocycles. The molecule has 1 unspecified atom stereocenters. The van der Waals surface area contributed by atoms with E-state index in [4.69, 9.17) is 23.2 Å². The zero-order valence-corrected chi connectivity index (χ0v) is 14.2. The maximum atomic E-state index is 11.8. The van der Waals surface area contributed by atoms with Crippen molar-refractivity contribution in [3.8, 4) is 0 Å². The molecule has 0 fully saturated rings. The van der Waals surface area contributed by atoms with Crippen LogP contribution in [0.15, 0.2) is 24.3 Å². The van der Waals surface area contributed by atoms with Gasteiger partial charge in [0.05, 0.1) is 10.0 Å². The summed E-state index contributed by atoms with van der Waals surface area (Å²) in [4.78, 5) is 11.8. The van der Waals surface area contributed by atoms with E-state index in [2.05, 4.69) is 19.2 Å². The molecule has 1 aromatic rings. The van der Waals surface area contributed by atoms with Gasteiger partial charge in [-0.3, -0.25) is 4.79 Å². The summed E-state index contributed by atoms with van der Waals surface area (Å²) in [5.41, 5.74) is 0.859. The number of unbranched alkanes of at least 4 members (excludes halogenated alkanes) is 1. The fourth-order valence-electron chi connectivity index (χ4n) is 2.04. The van der Waals surface area contributed by atoms with Gasteiger partial charge in [0.1, 0.15) is 0 Å². The number of rotatable bonds is 8. The number of halogens is 2. The predicted octanol–water partition coefficient (Wildman–Crippen LogP) is 5.34. The molecule has 1 aromatic carbocycles. The lowest BCUT2D eigenvalue weighted by Gasteiger charge is -2.14. The summed E-state index contributed by atoms with van der Waals surface area (Å²) in [7, 11) is 0. The molecular weight excluding hydrogens is 305 g/mol. The topological polar surface area (TPSA) is 29.1 Å². The van der Waals surface area contributed by atoms with E-state index in [-0.39, 0.29) is 5.91 Å². The van der Waals surface area contributed by atoms with Crippen molar-refractivity contribution < 1.29 is 4.79 Å². The Bertz CT molecular complexity index is 486. The lowest BCUT2D eigenvalue weighted by Crippen LogP contribution is -2.27. The molecule has 1 amide bonds. The van der Waals surface area contributed by atoms with Crippen LogP contribution in [0, 0.1) is 5.92 Å². The minimum Gasteiger partial charge on any atom is -0.352 e. The van der Waals surface area contributed by atoms with Gasteiger partial charge in [-0.2, -0.15) is 0 Å². The van der Waals surface area contributed by atoms with E-state index in [1.165, 1.54) is 25.3 Å². The molecule has 0 saturated carbocycles. The Balaban J connectivity index is 2.45. The van der Waals surface area contributed by atoms with Gasteiger partial charge in [-0.05, 0) is 36.1 Å². The zero-order chi connectivity index (χ0) is 15.7. The highest BCUT2D eigenvalue weighted by molar-refractivity contribution is 6.42. The normalized spacial score (nSPS) is 12.6. The number of carbonyl (C=O) groups excluding carboxylic acids is 1. The van der Waals surface area contributed by atoms with Crippen LogP contribution in [0.4, 0.5) is 0 Å². The van der Waals surface area contributed by atoms with Crippen LogP contribution < -0.4 is 5.32 Å². The van der Waals surface area contributed by atoms with E-state index >= 15 is 0 Å². The molecule has 4 heteroatoms.